The molecule has 1 heterocycles. The summed E-state index contributed by atoms with van der Waals surface area (Å²) in [4.78, 5) is 28.1. The zero-order valence-corrected chi connectivity index (χ0v) is 16.9. The van der Waals surface area contributed by atoms with Crippen molar-refractivity contribution in [3.8, 4) is 11.6 Å². The zero-order valence-electron chi connectivity index (χ0n) is 16.9. The largest absolute Gasteiger partial charge is 0.490 e. The van der Waals surface area contributed by atoms with E-state index in [0.717, 1.165) is 31.1 Å². The number of primary amides is 1. The number of pyridine rings is 1. The van der Waals surface area contributed by atoms with Crippen molar-refractivity contribution >= 4 is 22.6 Å². The fourth-order valence-electron chi connectivity index (χ4n) is 3.74. The molecule has 8 heteroatoms. The number of rotatable bonds is 8. The van der Waals surface area contributed by atoms with E-state index in [-0.39, 0.29) is 18.6 Å². The molecule has 156 valence electrons. The van der Waals surface area contributed by atoms with Gasteiger partial charge in [0, 0.05) is 11.6 Å². The molecule has 8 nitrogen and oxygen atoms in total. The summed E-state index contributed by atoms with van der Waals surface area (Å²) in [6.45, 7) is 3.99. The third kappa shape index (κ3) is 4.76. The lowest BCUT2D eigenvalue weighted by Crippen LogP contribution is -2.52. The smallest absolute Gasteiger partial charge is 0.252 e. The molecule has 1 saturated carbocycles. The van der Waals surface area contributed by atoms with E-state index in [1.807, 2.05) is 13.8 Å². The average Bonchev–Trinajstić information content (AvgIpc) is 3.13. The molecular weight excluding hydrogens is 372 g/mol. The van der Waals surface area contributed by atoms with Gasteiger partial charge in [0.05, 0.1) is 23.8 Å². The third-order valence-corrected chi connectivity index (χ3v) is 5.09. The second-order valence-electron chi connectivity index (χ2n) is 7.74. The first-order chi connectivity index (χ1) is 13.8. The van der Waals surface area contributed by atoms with Crippen LogP contribution in [0.5, 0.6) is 11.6 Å². The molecule has 2 amide bonds. The summed E-state index contributed by atoms with van der Waals surface area (Å²) in [5, 5.41) is 4.50. The maximum atomic E-state index is 11.9. The molecule has 2 aromatic rings. The number of benzene rings is 1. The number of nitrogens with zero attached hydrogens (tertiary/aromatic N) is 1. The molecule has 0 saturated heterocycles. The molecule has 0 spiro atoms. The summed E-state index contributed by atoms with van der Waals surface area (Å²) in [5.74, 6) is 0.0570. The third-order valence-electron chi connectivity index (χ3n) is 5.09. The van der Waals surface area contributed by atoms with Crippen LogP contribution in [0.25, 0.3) is 10.8 Å². The van der Waals surface area contributed by atoms with Crippen molar-refractivity contribution in [3.63, 3.8) is 0 Å². The van der Waals surface area contributed by atoms with E-state index in [1.54, 1.807) is 24.4 Å². The fourth-order valence-corrected chi connectivity index (χ4v) is 3.74. The van der Waals surface area contributed by atoms with Gasteiger partial charge in [-0.05, 0) is 50.3 Å². The number of carbonyl (C=O) groups excluding carboxylic acids is 2. The molecule has 0 unspecified atom stereocenters. The SMILES string of the molecule is CC(C)Oc1cc2c(OCC3(NC(=O)CN)CCCC3)nccc2cc1C(N)=O. The fraction of sp³-hybridized carbons (Fsp3) is 0.476. The zero-order chi connectivity index (χ0) is 21.0. The Morgan fingerprint density at radius 3 is 2.62 bits per heavy atom. The molecule has 29 heavy (non-hydrogen) atoms. The van der Waals surface area contributed by atoms with Gasteiger partial charge in [0.25, 0.3) is 5.91 Å². The molecule has 3 rings (SSSR count). The topological polar surface area (TPSA) is 130 Å². The molecular formula is C21H28N4O4. The van der Waals surface area contributed by atoms with Crippen LogP contribution in [0.4, 0.5) is 0 Å². The molecule has 1 aromatic carbocycles. The lowest BCUT2D eigenvalue weighted by molar-refractivity contribution is -0.122. The second-order valence-corrected chi connectivity index (χ2v) is 7.74. The van der Waals surface area contributed by atoms with Crippen molar-refractivity contribution in [1.29, 1.82) is 0 Å². The molecule has 0 aliphatic heterocycles. The molecule has 1 aliphatic carbocycles. The summed E-state index contributed by atoms with van der Waals surface area (Å²) >= 11 is 0. The van der Waals surface area contributed by atoms with Gasteiger partial charge in [0.1, 0.15) is 12.4 Å². The van der Waals surface area contributed by atoms with Crippen LogP contribution in [-0.4, -0.2) is 41.6 Å². The summed E-state index contributed by atoms with van der Waals surface area (Å²) in [6.07, 6.45) is 5.19. The standard InChI is InChI=1S/C21H28N4O4/c1-13(2)29-17-10-15-14(9-16(17)19(23)27)5-8-24-20(15)28-12-21(6-3-4-7-21)25-18(26)11-22/h5,8-10,13H,3-4,6-7,11-12,22H2,1-2H3,(H2,23,27)(H,25,26). The van der Waals surface area contributed by atoms with E-state index in [1.165, 1.54) is 0 Å². The lowest BCUT2D eigenvalue weighted by atomic mass is 9.98. The van der Waals surface area contributed by atoms with Crippen LogP contribution in [-0.2, 0) is 4.79 Å². The number of nitrogens with one attached hydrogen (secondary N) is 1. The van der Waals surface area contributed by atoms with Gasteiger partial charge in [-0.25, -0.2) is 4.98 Å². The first-order valence-corrected chi connectivity index (χ1v) is 9.87. The highest BCUT2D eigenvalue weighted by atomic mass is 16.5. The van der Waals surface area contributed by atoms with Crippen molar-refractivity contribution in [2.24, 2.45) is 11.5 Å². The van der Waals surface area contributed by atoms with Crippen LogP contribution in [0.1, 0.15) is 49.9 Å². The first kappa shape index (κ1) is 20.9. The van der Waals surface area contributed by atoms with E-state index >= 15 is 0 Å². The maximum Gasteiger partial charge on any atom is 0.252 e. The van der Waals surface area contributed by atoms with Crippen LogP contribution in [0, 0.1) is 0 Å². The number of aromatic nitrogens is 1. The lowest BCUT2D eigenvalue weighted by Gasteiger charge is -2.30. The van der Waals surface area contributed by atoms with Crippen molar-refractivity contribution in [1.82, 2.24) is 10.3 Å². The van der Waals surface area contributed by atoms with Gasteiger partial charge < -0.3 is 26.3 Å². The van der Waals surface area contributed by atoms with Crippen molar-refractivity contribution in [3.05, 3.63) is 30.0 Å². The van der Waals surface area contributed by atoms with Crippen molar-refractivity contribution < 1.29 is 19.1 Å². The number of hydrogen-bond acceptors (Lipinski definition) is 6. The Bertz CT molecular complexity index is 907. The number of ether oxygens (including phenoxy) is 2. The van der Waals surface area contributed by atoms with E-state index < -0.39 is 11.4 Å². The summed E-state index contributed by atoms with van der Waals surface area (Å²) in [5.41, 5.74) is 10.9. The van der Waals surface area contributed by atoms with Gasteiger partial charge in [0.15, 0.2) is 0 Å². The molecule has 5 N–H and O–H groups in total. The predicted octanol–water partition coefficient (Wildman–Crippen LogP) is 1.89. The summed E-state index contributed by atoms with van der Waals surface area (Å²) in [7, 11) is 0. The Morgan fingerprint density at radius 1 is 1.28 bits per heavy atom. The number of carbonyl (C=O) groups is 2. The van der Waals surface area contributed by atoms with Gasteiger partial charge in [-0.15, -0.1) is 0 Å². The van der Waals surface area contributed by atoms with Crippen LogP contribution >= 0.6 is 0 Å². The highest BCUT2D eigenvalue weighted by Gasteiger charge is 2.36. The van der Waals surface area contributed by atoms with Gasteiger partial charge in [0.2, 0.25) is 11.8 Å². The number of nitrogens with two attached hydrogens (primary N) is 2. The van der Waals surface area contributed by atoms with Gasteiger partial charge in [-0.1, -0.05) is 12.8 Å². The monoisotopic (exact) mass is 400 g/mol. The molecule has 0 radical (unpaired) electrons. The van der Waals surface area contributed by atoms with Crippen LogP contribution in [0.15, 0.2) is 24.4 Å². The summed E-state index contributed by atoms with van der Waals surface area (Å²) in [6, 6.07) is 5.21. The Hall–Kier alpha value is -2.87. The summed E-state index contributed by atoms with van der Waals surface area (Å²) < 4.78 is 11.9. The minimum Gasteiger partial charge on any atom is -0.490 e. The Morgan fingerprint density at radius 2 is 2.00 bits per heavy atom. The molecule has 0 atom stereocenters. The molecule has 1 fully saturated rings. The minimum atomic E-state index is -0.559. The van der Waals surface area contributed by atoms with Crippen LogP contribution in [0.2, 0.25) is 0 Å². The molecule has 1 aromatic heterocycles. The highest BCUT2D eigenvalue weighted by Crippen LogP contribution is 2.34. The van der Waals surface area contributed by atoms with Gasteiger partial charge >= 0.3 is 0 Å². The van der Waals surface area contributed by atoms with Crippen LogP contribution in [0.3, 0.4) is 0 Å². The number of fused-ring (bicyclic) bond motifs is 1. The van der Waals surface area contributed by atoms with E-state index in [2.05, 4.69) is 10.3 Å². The quantitative estimate of drug-likeness (QED) is 0.620. The highest BCUT2D eigenvalue weighted by molar-refractivity contribution is 6.01. The molecule has 1 aliphatic rings. The van der Waals surface area contributed by atoms with Crippen molar-refractivity contribution in [2.45, 2.75) is 51.2 Å². The minimum absolute atomic E-state index is 0.0555. The van der Waals surface area contributed by atoms with Crippen molar-refractivity contribution in [2.75, 3.05) is 13.2 Å². The molecule has 0 bridgehead atoms. The first-order valence-electron chi connectivity index (χ1n) is 9.87. The second kappa shape index (κ2) is 8.65. The average molecular weight is 400 g/mol. The van der Waals surface area contributed by atoms with Crippen LogP contribution < -0.4 is 26.3 Å². The van der Waals surface area contributed by atoms with E-state index in [4.69, 9.17) is 20.9 Å². The van der Waals surface area contributed by atoms with Gasteiger partial charge in [-0.3, -0.25) is 9.59 Å². The predicted molar refractivity (Wildman–Crippen MR) is 110 cm³/mol. The number of amides is 2. The number of hydrogen-bond donors (Lipinski definition) is 3. The Kier molecular flexibility index (Phi) is 6.22. The normalized spacial score (nSPS) is 15.4. The van der Waals surface area contributed by atoms with E-state index in [9.17, 15) is 9.59 Å². The Labute approximate surface area is 169 Å². The van der Waals surface area contributed by atoms with E-state index in [0.29, 0.717) is 29.2 Å². The Balaban J connectivity index is 1.92. The maximum absolute atomic E-state index is 11.9. The van der Waals surface area contributed by atoms with Gasteiger partial charge in [-0.2, -0.15) is 0 Å².